The second-order valence-corrected chi connectivity index (χ2v) is 6.64. The Balaban J connectivity index is 1.79. The summed E-state index contributed by atoms with van der Waals surface area (Å²) in [4.78, 5) is 27.7. The van der Waals surface area contributed by atoms with Gasteiger partial charge in [0.25, 0.3) is 0 Å². The largest absolute Gasteiger partial charge is 0.465 e. The maximum atomic E-state index is 12.5. The summed E-state index contributed by atoms with van der Waals surface area (Å²) in [6.45, 7) is 0.234. The predicted molar refractivity (Wildman–Crippen MR) is 106 cm³/mol. The van der Waals surface area contributed by atoms with Crippen molar-refractivity contribution in [1.82, 2.24) is 10.3 Å². The standard InChI is InChI=1S/C21H18ClN3O3/c1-28-21(27)16-6-4-8-18-19(16)15(12-24-18)9-14(10-23)20(26)25-11-13-5-2-3-7-17(13)22/h2-8,12,14,24H,9,11H2,1H3,(H,25,26)/t14-/m1/s1. The molecule has 0 aliphatic heterocycles. The topological polar surface area (TPSA) is 95.0 Å². The minimum Gasteiger partial charge on any atom is -0.465 e. The van der Waals surface area contributed by atoms with Gasteiger partial charge in [0.2, 0.25) is 5.91 Å². The molecule has 0 saturated carbocycles. The van der Waals surface area contributed by atoms with E-state index in [1.807, 2.05) is 30.3 Å². The van der Waals surface area contributed by atoms with Crippen LogP contribution in [0.25, 0.3) is 10.9 Å². The van der Waals surface area contributed by atoms with Crippen molar-refractivity contribution in [3.63, 3.8) is 0 Å². The third-order valence-corrected chi connectivity index (χ3v) is 4.87. The van der Waals surface area contributed by atoms with Crippen LogP contribution < -0.4 is 5.32 Å². The number of carbonyl (C=O) groups excluding carboxylic acids is 2. The third-order valence-electron chi connectivity index (χ3n) is 4.50. The van der Waals surface area contributed by atoms with Crippen LogP contribution in [0, 0.1) is 17.2 Å². The van der Waals surface area contributed by atoms with E-state index in [1.54, 1.807) is 24.4 Å². The number of esters is 1. The van der Waals surface area contributed by atoms with Gasteiger partial charge < -0.3 is 15.0 Å². The van der Waals surface area contributed by atoms with Crippen LogP contribution in [0.4, 0.5) is 0 Å². The molecule has 6 nitrogen and oxygen atoms in total. The monoisotopic (exact) mass is 395 g/mol. The molecule has 1 atom stereocenters. The van der Waals surface area contributed by atoms with Gasteiger partial charge in [-0.3, -0.25) is 4.79 Å². The number of halogens is 1. The van der Waals surface area contributed by atoms with Crippen molar-refractivity contribution in [2.24, 2.45) is 5.92 Å². The Morgan fingerprint density at radius 1 is 1.21 bits per heavy atom. The molecule has 142 valence electrons. The SMILES string of the molecule is COC(=O)c1cccc2[nH]cc(C[C@H](C#N)C(=O)NCc3ccccc3Cl)c12. The van der Waals surface area contributed by atoms with Gasteiger partial charge in [0.05, 0.1) is 18.7 Å². The number of ether oxygens (including phenoxy) is 1. The van der Waals surface area contributed by atoms with Crippen molar-refractivity contribution in [3.05, 3.63) is 70.4 Å². The fourth-order valence-corrected chi connectivity index (χ4v) is 3.26. The molecule has 2 aromatic carbocycles. The molecule has 0 spiro atoms. The first-order valence-corrected chi connectivity index (χ1v) is 9.01. The van der Waals surface area contributed by atoms with Gasteiger partial charge in [0.15, 0.2) is 0 Å². The predicted octanol–water partition coefficient (Wildman–Crippen LogP) is 3.61. The quantitative estimate of drug-likeness (QED) is 0.623. The zero-order valence-electron chi connectivity index (χ0n) is 15.2. The number of H-pyrrole nitrogens is 1. The number of rotatable bonds is 6. The summed E-state index contributed by atoms with van der Waals surface area (Å²) < 4.78 is 4.84. The second-order valence-electron chi connectivity index (χ2n) is 6.23. The second kappa shape index (κ2) is 8.59. The minimum atomic E-state index is -0.910. The fraction of sp³-hybridized carbons (Fsp3) is 0.190. The molecule has 0 fully saturated rings. The molecule has 3 rings (SSSR count). The van der Waals surface area contributed by atoms with Gasteiger partial charge >= 0.3 is 5.97 Å². The summed E-state index contributed by atoms with van der Waals surface area (Å²) in [5.41, 5.74) is 2.61. The van der Waals surface area contributed by atoms with Crippen LogP contribution >= 0.6 is 11.6 Å². The maximum Gasteiger partial charge on any atom is 0.338 e. The Morgan fingerprint density at radius 3 is 2.71 bits per heavy atom. The van der Waals surface area contributed by atoms with Crippen LogP contribution in [0.3, 0.4) is 0 Å². The number of nitriles is 1. The lowest BCUT2D eigenvalue weighted by molar-refractivity contribution is -0.123. The average molecular weight is 396 g/mol. The van der Waals surface area contributed by atoms with E-state index in [1.165, 1.54) is 7.11 Å². The van der Waals surface area contributed by atoms with E-state index < -0.39 is 17.8 Å². The van der Waals surface area contributed by atoms with Gasteiger partial charge in [-0.1, -0.05) is 35.9 Å². The summed E-state index contributed by atoms with van der Waals surface area (Å²) in [7, 11) is 1.31. The van der Waals surface area contributed by atoms with E-state index in [2.05, 4.69) is 10.3 Å². The first-order valence-electron chi connectivity index (χ1n) is 8.63. The van der Waals surface area contributed by atoms with Gasteiger partial charge in [-0.15, -0.1) is 0 Å². The number of fused-ring (bicyclic) bond motifs is 1. The normalized spacial score (nSPS) is 11.6. The lowest BCUT2D eigenvalue weighted by atomic mass is 9.97. The molecule has 1 heterocycles. The van der Waals surface area contributed by atoms with E-state index in [9.17, 15) is 14.9 Å². The molecule has 0 aliphatic carbocycles. The number of nitrogens with one attached hydrogen (secondary N) is 2. The zero-order valence-corrected chi connectivity index (χ0v) is 15.9. The lowest BCUT2D eigenvalue weighted by Crippen LogP contribution is -2.30. The molecule has 0 bridgehead atoms. The highest BCUT2D eigenvalue weighted by atomic mass is 35.5. The summed E-state index contributed by atoms with van der Waals surface area (Å²) in [5.74, 6) is -1.78. The number of hydrogen-bond acceptors (Lipinski definition) is 4. The molecule has 3 aromatic rings. The Kier molecular flexibility index (Phi) is 5.97. The van der Waals surface area contributed by atoms with Crippen LogP contribution in [0.15, 0.2) is 48.7 Å². The van der Waals surface area contributed by atoms with Crippen LogP contribution in [0.2, 0.25) is 5.02 Å². The molecule has 28 heavy (non-hydrogen) atoms. The van der Waals surface area contributed by atoms with Crippen LogP contribution in [-0.2, 0) is 22.5 Å². The molecule has 1 amide bonds. The van der Waals surface area contributed by atoms with E-state index in [-0.39, 0.29) is 13.0 Å². The number of benzene rings is 2. The van der Waals surface area contributed by atoms with Gasteiger partial charge in [-0.05, 0) is 35.7 Å². The summed E-state index contributed by atoms with van der Waals surface area (Å²) in [5, 5.41) is 13.5. The zero-order chi connectivity index (χ0) is 20.1. The minimum absolute atomic E-state index is 0.166. The Morgan fingerprint density at radius 2 is 2.00 bits per heavy atom. The number of nitrogens with zero attached hydrogens (tertiary/aromatic N) is 1. The fourth-order valence-electron chi connectivity index (χ4n) is 3.06. The Labute approximate surface area is 167 Å². The first-order chi connectivity index (χ1) is 13.5. The first kappa shape index (κ1) is 19.5. The number of hydrogen-bond donors (Lipinski definition) is 2. The molecular weight excluding hydrogens is 378 g/mol. The molecule has 0 saturated heterocycles. The maximum absolute atomic E-state index is 12.5. The third kappa shape index (κ3) is 4.00. The van der Waals surface area contributed by atoms with Crippen LogP contribution in [-0.4, -0.2) is 24.0 Å². The van der Waals surface area contributed by atoms with Crippen molar-refractivity contribution >= 4 is 34.4 Å². The highest BCUT2D eigenvalue weighted by molar-refractivity contribution is 6.31. The van der Waals surface area contributed by atoms with E-state index in [0.29, 0.717) is 21.5 Å². The van der Waals surface area contributed by atoms with E-state index >= 15 is 0 Å². The summed E-state index contributed by atoms with van der Waals surface area (Å²) in [6.07, 6.45) is 1.88. The van der Waals surface area contributed by atoms with E-state index in [0.717, 1.165) is 11.1 Å². The Bertz CT molecular complexity index is 1070. The molecule has 0 unspecified atom stereocenters. The van der Waals surface area contributed by atoms with Crippen molar-refractivity contribution in [1.29, 1.82) is 5.26 Å². The summed E-state index contributed by atoms with van der Waals surface area (Å²) >= 11 is 6.10. The van der Waals surface area contributed by atoms with Crippen molar-refractivity contribution in [2.45, 2.75) is 13.0 Å². The van der Waals surface area contributed by atoms with Crippen LogP contribution in [0.1, 0.15) is 21.5 Å². The number of carbonyl (C=O) groups is 2. The van der Waals surface area contributed by atoms with E-state index in [4.69, 9.17) is 16.3 Å². The smallest absolute Gasteiger partial charge is 0.338 e. The summed E-state index contributed by atoms with van der Waals surface area (Å²) in [6, 6.07) is 14.5. The number of methoxy groups -OCH3 is 1. The lowest BCUT2D eigenvalue weighted by Gasteiger charge is -2.11. The molecule has 2 N–H and O–H groups in total. The van der Waals surface area contributed by atoms with Crippen molar-refractivity contribution in [2.75, 3.05) is 7.11 Å². The van der Waals surface area contributed by atoms with Gasteiger partial charge in [0.1, 0.15) is 5.92 Å². The number of aromatic amines is 1. The van der Waals surface area contributed by atoms with Gasteiger partial charge in [0, 0.05) is 28.7 Å². The molecule has 7 heteroatoms. The molecule has 0 radical (unpaired) electrons. The van der Waals surface area contributed by atoms with Gasteiger partial charge in [-0.2, -0.15) is 5.26 Å². The Hall–Kier alpha value is -3.30. The molecular formula is C21H18ClN3O3. The highest BCUT2D eigenvalue weighted by Crippen LogP contribution is 2.25. The van der Waals surface area contributed by atoms with Crippen molar-refractivity contribution in [3.8, 4) is 6.07 Å². The van der Waals surface area contributed by atoms with Crippen LogP contribution in [0.5, 0.6) is 0 Å². The number of aromatic nitrogens is 1. The molecule has 0 aliphatic rings. The van der Waals surface area contributed by atoms with Gasteiger partial charge in [-0.25, -0.2) is 4.79 Å². The van der Waals surface area contributed by atoms with Crippen molar-refractivity contribution < 1.29 is 14.3 Å². The molecule has 1 aromatic heterocycles. The number of amides is 1. The average Bonchev–Trinajstić information content (AvgIpc) is 3.13. The highest BCUT2D eigenvalue weighted by Gasteiger charge is 2.22.